The van der Waals surface area contributed by atoms with Crippen molar-refractivity contribution in [3.05, 3.63) is 46.7 Å². The number of carbonyl (C=O) groups excluding carboxylic acids is 2. The van der Waals surface area contributed by atoms with Crippen molar-refractivity contribution in [3.8, 4) is 0 Å². The number of nitrogens with two attached hydrogens (primary N) is 1. The van der Waals surface area contributed by atoms with Gasteiger partial charge in [0.15, 0.2) is 11.7 Å². The highest BCUT2D eigenvalue weighted by molar-refractivity contribution is 7.08. The molecule has 0 aromatic carbocycles. The predicted molar refractivity (Wildman–Crippen MR) is 126 cm³/mol. The normalized spacial score (nSPS) is 29.8. The van der Waals surface area contributed by atoms with Gasteiger partial charge in [0.1, 0.15) is 12.2 Å². The van der Waals surface area contributed by atoms with E-state index in [1.165, 1.54) is 11.3 Å². The van der Waals surface area contributed by atoms with E-state index in [1.54, 1.807) is 18.6 Å². The number of hydrogen-bond acceptors (Lipinski definition) is 7. The van der Waals surface area contributed by atoms with Gasteiger partial charge in [0.2, 0.25) is 6.04 Å². The lowest BCUT2D eigenvalue weighted by molar-refractivity contribution is -0.965. The number of fused-ring (bicyclic) bond motifs is 3. The zero-order valence-corrected chi connectivity index (χ0v) is 20.2. The van der Waals surface area contributed by atoms with Crippen LogP contribution in [-0.2, 0) is 19.9 Å². The molecule has 8 nitrogen and oxygen atoms in total. The number of aromatic nitrogens is 2. The van der Waals surface area contributed by atoms with Crippen molar-refractivity contribution >= 4 is 23.2 Å². The third kappa shape index (κ3) is 4.03. The van der Waals surface area contributed by atoms with Crippen LogP contribution in [0.2, 0.25) is 0 Å². The van der Waals surface area contributed by atoms with Crippen LogP contribution in [0.15, 0.2) is 35.4 Å². The second-order valence-corrected chi connectivity index (χ2v) is 11.0. The summed E-state index contributed by atoms with van der Waals surface area (Å²) in [4.78, 5) is 34.8. The summed E-state index contributed by atoms with van der Waals surface area (Å²) in [5.74, 6) is -0.921. The molecular weight excluding hydrogens is 452 g/mol. The highest BCUT2D eigenvalue weighted by atomic mass is 32.1. The number of carbonyl (C=O) groups is 2. The number of ether oxygens (including phenoxy) is 1. The summed E-state index contributed by atoms with van der Waals surface area (Å²) >= 11 is 1.48. The van der Waals surface area contributed by atoms with Crippen molar-refractivity contribution in [2.24, 2.45) is 17.6 Å². The average Bonchev–Trinajstić information content (AvgIpc) is 3.41. The number of piperidine rings is 3. The molecule has 3 saturated heterocycles. The molecule has 34 heavy (non-hydrogen) atoms. The Kier molecular flexibility index (Phi) is 6.43. The second-order valence-electron chi connectivity index (χ2n) is 10.2. The Bertz CT molecular complexity index is 1000. The fourth-order valence-corrected chi connectivity index (χ4v) is 7.27. The molecule has 1 aliphatic carbocycles. The zero-order chi connectivity index (χ0) is 23.8. The number of primary amides is 1. The fourth-order valence-electron chi connectivity index (χ4n) is 6.56. The van der Waals surface area contributed by atoms with E-state index in [0.29, 0.717) is 22.3 Å². The van der Waals surface area contributed by atoms with Gasteiger partial charge < -0.3 is 20.1 Å². The van der Waals surface area contributed by atoms with Crippen LogP contribution >= 0.6 is 11.3 Å². The summed E-state index contributed by atoms with van der Waals surface area (Å²) in [5.41, 5.74) is 5.44. The first-order chi connectivity index (χ1) is 16.4. The van der Waals surface area contributed by atoms with E-state index in [2.05, 4.69) is 9.97 Å². The van der Waals surface area contributed by atoms with E-state index >= 15 is 0 Å². The lowest BCUT2D eigenvalue weighted by Crippen LogP contribution is -2.67. The van der Waals surface area contributed by atoms with Gasteiger partial charge in [0, 0.05) is 42.6 Å². The lowest BCUT2D eigenvalue weighted by Gasteiger charge is -2.54. The number of hydrogen-bond donors (Lipinski definition) is 2. The maximum Gasteiger partial charge on any atom is 0.343 e. The van der Waals surface area contributed by atoms with Crippen LogP contribution in [-0.4, -0.2) is 57.2 Å². The van der Waals surface area contributed by atoms with Gasteiger partial charge in [-0.05, 0) is 29.7 Å². The van der Waals surface area contributed by atoms with E-state index in [1.807, 2.05) is 16.8 Å². The molecule has 3 aliphatic heterocycles. The van der Waals surface area contributed by atoms with Crippen LogP contribution in [0.1, 0.15) is 62.2 Å². The van der Waals surface area contributed by atoms with Crippen LogP contribution in [0.25, 0.3) is 0 Å². The maximum atomic E-state index is 13.7. The molecule has 9 heteroatoms. The van der Waals surface area contributed by atoms with Gasteiger partial charge in [-0.15, -0.1) is 0 Å². The molecule has 3 atom stereocenters. The predicted octanol–water partition coefficient (Wildman–Crippen LogP) is 2.68. The minimum absolute atomic E-state index is 0.148. The van der Waals surface area contributed by atoms with Gasteiger partial charge >= 0.3 is 5.97 Å². The van der Waals surface area contributed by atoms with Crippen LogP contribution in [0.4, 0.5) is 0 Å². The molecule has 0 spiro atoms. The van der Waals surface area contributed by atoms with Crippen LogP contribution in [0, 0.1) is 11.8 Å². The minimum Gasteiger partial charge on any atom is -0.454 e. The molecule has 1 saturated carbocycles. The van der Waals surface area contributed by atoms with Gasteiger partial charge in [-0.3, -0.25) is 14.8 Å². The Morgan fingerprint density at radius 2 is 1.94 bits per heavy atom. The summed E-state index contributed by atoms with van der Waals surface area (Å²) in [7, 11) is 0. The van der Waals surface area contributed by atoms with Crippen molar-refractivity contribution in [2.45, 2.75) is 62.7 Å². The Labute approximate surface area is 203 Å². The van der Waals surface area contributed by atoms with E-state index in [-0.39, 0.29) is 17.9 Å². The van der Waals surface area contributed by atoms with Crippen LogP contribution in [0.5, 0.6) is 0 Å². The first-order valence-corrected chi connectivity index (χ1v) is 13.3. The fraction of sp³-hybridized carbons (Fsp3) is 0.600. The highest BCUT2D eigenvalue weighted by Crippen LogP contribution is 2.45. The summed E-state index contributed by atoms with van der Waals surface area (Å²) in [6.07, 6.45) is 10.8. The number of aliphatic hydroxyl groups is 1. The molecule has 1 amide bonds. The number of esters is 1. The average molecular weight is 486 g/mol. The van der Waals surface area contributed by atoms with Crippen LogP contribution in [0.3, 0.4) is 0 Å². The first-order valence-electron chi connectivity index (χ1n) is 12.3. The summed E-state index contributed by atoms with van der Waals surface area (Å²) in [6.45, 7) is 2.05. The molecule has 2 unspecified atom stereocenters. The van der Waals surface area contributed by atoms with Gasteiger partial charge in [-0.25, -0.2) is 4.79 Å². The molecular formula is C25H33N4O4S+. The third-order valence-corrected chi connectivity index (χ3v) is 9.05. The summed E-state index contributed by atoms with van der Waals surface area (Å²) in [5, 5.41) is 15.6. The number of amides is 1. The molecule has 3 N–H and O–H groups in total. The van der Waals surface area contributed by atoms with E-state index in [4.69, 9.17) is 10.5 Å². The highest BCUT2D eigenvalue weighted by Gasteiger charge is 2.56. The maximum absolute atomic E-state index is 13.7. The van der Waals surface area contributed by atoms with E-state index in [0.717, 1.165) is 58.0 Å². The van der Waals surface area contributed by atoms with Gasteiger partial charge in [-0.1, -0.05) is 19.3 Å². The van der Waals surface area contributed by atoms with Gasteiger partial charge in [0.25, 0.3) is 5.91 Å². The standard InChI is InChI=1S/C25H32N4O4S/c26-23(30)22(20-14-27-9-10-28-20)29-11-6-17(7-12-29)21(15-29)33-24(31)25(32,19-8-13-34-16-19)18-4-2-1-3-5-18/h8-10,13-14,16-18,21-22,32H,1-7,11-12,15H2,(H-,26,30)/p+1/t17?,21-,22?,25?,29?/m0/s1. The molecule has 2 aromatic heterocycles. The van der Waals surface area contributed by atoms with Gasteiger partial charge in [-0.2, -0.15) is 11.3 Å². The number of rotatable bonds is 7. The molecule has 2 aromatic rings. The molecule has 4 fully saturated rings. The topological polar surface area (TPSA) is 115 Å². The number of thiophene rings is 1. The SMILES string of the molecule is NC(=O)C(c1cnccn1)[N+]12CCC(CC1)[C@@H](OC(=O)C(O)(c1ccsc1)C1CCCCC1)C2. The Morgan fingerprint density at radius 3 is 2.56 bits per heavy atom. The minimum atomic E-state index is -1.63. The summed E-state index contributed by atoms with van der Waals surface area (Å²) < 4.78 is 6.59. The van der Waals surface area contributed by atoms with E-state index < -0.39 is 23.5 Å². The molecule has 2 bridgehead atoms. The molecule has 182 valence electrons. The molecule has 0 radical (unpaired) electrons. The smallest absolute Gasteiger partial charge is 0.343 e. The molecule has 4 aliphatic rings. The largest absolute Gasteiger partial charge is 0.454 e. The Balaban J connectivity index is 1.41. The van der Waals surface area contributed by atoms with Crippen molar-refractivity contribution in [3.63, 3.8) is 0 Å². The zero-order valence-electron chi connectivity index (χ0n) is 19.3. The number of nitrogens with zero attached hydrogens (tertiary/aromatic N) is 3. The Morgan fingerprint density at radius 1 is 1.18 bits per heavy atom. The molecule has 6 rings (SSSR count). The third-order valence-electron chi connectivity index (χ3n) is 8.37. The lowest BCUT2D eigenvalue weighted by atomic mass is 9.74. The quantitative estimate of drug-likeness (QED) is 0.460. The van der Waals surface area contributed by atoms with Crippen LogP contribution < -0.4 is 5.73 Å². The summed E-state index contributed by atoms with van der Waals surface area (Å²) in [6, 6.07) is 1.20. The Hall–Kier alpha value is -2.36. The van der Waals surface area contributed by atoms with Crippen molar-refractivity contribution in [2.75, 3.05) is 19.6 Å². The molecule has 5 heterocycles. The monoisotopic (exact) mass is 485 g/mol. The first kappa shape index (κ1) is 23.4. The second kappa shape index (κ2) is 9.36. The van der Waals surface area contributed by atoms with Crippen molar-refractivity contribution in [1.29, 1.82) is 0 Å². The number of quaternary nitrogens is 1. The van der Waals surface area contributed by atoms with Crippen molar-refractivity contribution in [1.82, 2.24) is 9.97 Å². The van der Waals surface area contributed by atoms with E-state index in [9.17, 15) is 14.7 Å². The van der Waals surface area contributed by atoms with Crippen molar-refractivity contribution < 1.29 is 23.9 Å². The van der Waals surface area contributed by atoms with Gasteiger partial charge in [0.05, 0.1) is 19.3 Å².